The summed E-state index contributed by atoms with van der Waals surface area (Å²) in [6, 6.07) is 0.0777. The number of carbonyl (C=O) groups is 1. The molecule has 6 heteroatoms. The average Bonchev–Trinajstić information content (AvgIpc) is 2.79. The summed E-state index contributed by atoms with van der Waals surface area (Å²) in [6.07, 6.45) is 0.842. The topological polar surface area (TPSA) is 93.0 Å². The number of hydrogen-bond acceptors (Lipinski definition) is 4. The Labute approximate surface area is 87.2 Å². The highest BCUT2D eigenvalue weighted by Gasteiger charge is 2.21. The van der Waals surface area contributed by atoms with E-state index < -0.39 is 0 Å². The summed E-state index contributed by atoms with van der Waals surface area (Å²) >= 11 is 0. The van der Waals surface area contributed by atoms with Gasteiger partial charge < -0.3 is 15.8 Å². The SMILES string of the molecule is Cc1[nH]nc(C(=O)NC2CCOC2)c1N. The molecule has 1 aliphatic heterocycles. The maximum atomic E-state index is 11.7. The third-order valence-electron chi connectivity index (χ3n) is 2.47. The highest BCUT2D eigenvalue weighted by atomic mass is 16.5. The fourth-order valence-electron chi connectivity index (χ4n) is 1.51. The monoisotopic (exact) mass is 210 g/mol. The van der Waals surface area contributed by atoms with Gasteiger partial charge in [0.2, 0.25) is 0 Å². The first-order chi connectivity index (χ1) is 7.18. The van der Waals surface area contributed by atoms with Crippen molar-refractivity contribution in [1.29, 1.82) is 0 Å². The number of carbonyl (C=O) groups excluding carboxylic acids is 1. The number of aryl methyl sites for hydroxylation is 1. The van der Waals surface area contributed by atoms with Crippen molar-refractivity contribution in [2.24, 2.45) is 0 Å². The molecule has 1 saturated heterocycles. The number of nitrogen functional groups attached to an aromatic ring is 1. The van der Waals surface area contributed by atoms with Crippen LogP contribution in [0.3, 0.4) is 0 Å². The minimum atomic E-state index is -0.243. The zero-order valence-electron chi connectivity index (χ0n) is 8.54. The van der Waals surface area contributed by atoms with Gasteiger partial charge in [-0.15, -0.1) is 0 Å². The first kappa shape index (κ1) is 9.97. The van der Waals surface area contributed by atoms with Crippen molar-refractivity contribution in [3.05, 3.63) is 11.4 Å². The van der Waals surface area contributed by atoms with E-state index in [0.717, 1.165) is 6.42 Å². The van der Waals surface area contributed by atoms with Crippen LogP contribution >= 0.6 is 0 Å². The molecule has 1 atom stereocenters. The summed E-state index contributed by atoms with van der Waals surface area (Å²) in [5.74, 6) is -0.243. The molecule has 4 N–H and O–H groups in total. The molecule has 0 aromatic carbocycles. The van der Waals surface area contributed by atoms with Crippen molar-refractivity contribution in [3.8, 4) is 0 Å². The lowest BCUT2D eigenvalue weighted by molar-refractivity contribution is 0.0925. The molecule has 1 amide bonds. The molecule has 0 spiro atoms. The van der Waals surface area contributed by atoms with Crippen LogP contribution in [-0.4, -0.2) is 35.4 Å². The molecule has 0 aliphatic carbocycles. The van der Waals surface area contributed by atoms with Crippen LogP contribution in [0, 0.1) is 6.92 Å². The summed E-state index contributed by atoms with van der Waals surface area (Å²) in [5, 5.41) is 9.35. The van der Waals surface area contributed by atoms with E-state index >= 15 is 0 Å². The van der Waals surface area contributed by atoms with Crippen LogP contribution in [0.25, 0.3) is 0 Å². The number of aromatic nitrogens is 2. The van der Waals surface area contributed by atoms with Crippen molar-refractivity contribution in [2.75, 3.05) is 18.9 Å². The third kappa shape index (κ3) is 1.94. The molecule has 82 valence electrons. The van der Waals surface area contributed by atoms with Crippen LogP contribution < -0.4 is 11.1 Å². The van der Waals surface area contributed by atoms with E-state index in [2.05, 4.69) is 15.5 Å². The maximum absolute atomic E-state index is 11.7. The van der Waals surface area contributed by atoms with Gasteiger partial charge in [0.1, 0.15) is 0 Å². The first-order valence-corrected chi connectivity index (χ1v) is 4.87. The van der Waals surface area contributed by atoms with Gasteiger partial charge >= 0.3 is 0 Å². The lowest BCUT2D eigenvalue weighted by Gasteiger charge is -2.08. The molecule has 2 heterocycles. The van der Waals surface area contributed by atoms with Crippen molar-refractivity contribution in [1.82, 2.24) is 15.5 Å². The Morgan fingerprint density at radius 3 is 3.07 bits per heavy atom. The van der Waals surface area contributed by atoms with Crippen molar-refractivity contribution in [3.63, 3.8) is 0 Å². The van der Waals surface area contributed by atoms with Crippen LogP contribution in [0.15, 0.2) is 0 Å². The summed E-state index contributed by atoms with van der Waals surface area (Å²) in [5.41, 5.74) is 7.07. The summed E-state index contributed by atoms with van der Waals surface area (Å²) < 4.78 is 5.16. The fraction of sp³-hybridized carbons (Fsp3) is 0.556. The molecule has 1 aromatic rings. The smallest absolute Gasteiger partial charge is 0.274 e. The highest BCUT2D eigenvalue weighted by molar-refractivity contribution is 5.97. The van der Waals surface area contributed by atoms with Crippen molar-refractivity contribution >= 4 is 11.6 Å². The number of anilines is 1. The largest absolute Gasteiger partial charge is 0.395 e. The van der Waals surface area contributed by atoms with Gasteiger partial charge in [0.15, 0.2) is 5.69 Å². The number of H-pyrrole nitrogens is 1. The Bertz CT molecular complexity index is 368. The molecular weight excluding hydrogens is 196 g/mol. The molecule has 1 fully saturated rings. The highest BCUT2D eigenvalue weighted by Crippen LogP contribution is 2.13. The minimum Gasteiger partial charge on any atom is -0.395 e. The van der Waals surface area contributed by atoms with Crippen molar-refractivity contribution < 1.29 is 9.53 Å². The zero-order valence-corrected chi connectivity index (χ0v) is 8.54. The van der Waals surface area contributed by atoms with Gasteiger partial charge in [-0.2, -0.15) is 5.10 Å². The first-order valence-electron chi connectivity index (χ1n) is 4.87. The fourth-order valence-corrected chi connectivity index (χ4v) is 1.51. The standard InChI is InChI=1S/C9H14N4O2/c1-5-7(10)8(13-12-5)9(14)11-6-2-3-15-4-6/h6H,2-4,10H2,1H3,(H,11,14)(H,12,13). The van der Waals surface area contributed by atoms with E-state index in [1.165, 1.54) is 0 Å². The molecule has 1 aliphatic rings. The molecule has 6 nitrogen and oxygen atoms in total. The van der Waals surface area contributed by atoms with Crippen LogP contribution in [0.4, 0.5) is 5.69 Å². The zero-order chi connectivity index (χ0) is 10.8. The van der Waals surface area contributed by atoms with Crippen LogP contribution in [0.2, 0.25) is 0 Å². The predicted molar refractivity (Wildman–Crippen MR) is 54.4 cm³/mol. The van der Waals surface area contributed by atoms with Gasteiger partial charge in [0, 0.05) is 6.61 Å². The van der Waals surface area contributed by atoms with E-state index in [1.54, 1.807) is 6.92 Å². The molecule has 2 rings (SSSR count). The number of nitrogens with one attached hydrogen (secondary N) is 2. The minimum absolute atomic E-state index is 0.0777. The number of amides is 1. The van der Waals surface area contributed by atoms with Gasteiger partial charge in [-0.25, -0.2) is 0 Å². The Hall–Kier alpha value is -1.56. The Kier molecular flexibility index (Phi) is 2.59. The number of nitrogens with zero attached hydrogens (tertiary/aromatic N) is 1. The van der Waals surface area contributed by atoms with E-state index in [1.807, 2.05) is 0 Å². The Morgan fingerprint density at radius 1 is 1.73 bits per heavy atom. The Morgan fingerprint density at radius 2 is 2.53 bits per heavy atom. The molecule has 0 bridgehead atoms. The molecule has 0 radical (unpaired) electrons. The molecule has 15 heavy (non-hydrogen) atoms. The maximum Gasteiger partial charge on any atom is 0.274 e. The van der Waals surface area contributed by atoms with Crippen LogP contribution in [0.1, 0.15) is 22.6 Å². The second kappa shape index (κ2) is 3.90. The number of ether oxygens (including phenoxy) is 1. The predicted octanol–water partition coefficient (Wildman–Crippen LogP) is -0.181. The van der Waals surface area contributed by atoms with Gasteiger partial charge in [-0.1, -0.05) is 0 Å². The summed E-state index contributed by atoms with van der Waals surface area (Å²) in [7, 11) is 0. The number of hydrogen-bond donors (Lipinski definition) is 3. The second-order valence-corrected chi connectivity index (χ2v) is 3.64. The van der Waals surface area contributed by atoms with Gasteiger partial charge in [-0.05, 0) is 13.3 Å². The van der Waals surface area contributed by atoms with Crippen molar-refractivity contribution in [2.45, 2.75) is 19.4 Å². The number of nitrogens with two attached hydrogens (primary N) is 1. The number of rotatable bonds is 2. The Balaban J connectivity index is 2.04. The second-order valence-electron chi connectivity index (χ2n) is 3.64. The quantitative estimate of drug-likeness (QED) is 0.631. The third-order valence-corrected chi connectivity index (χ3v) is 2.47. The van der Waals surface area contributed by atoms with Crippen LogP contribution in [0.5, 0.6) is 0 Å². The molecular formula is C9H14N4O2. The average molecular weight is 210 g/mol. The van der Waals surface area contributed by atoms with Crippen LogP contribution in [-0.2, 0) is 4.74 Å². The van der Waals surface area contributed by atoms with Gasteiger partial charge in [0.25, 0.3) is 5.91 Å². The molecule has 1 aromatic heterocycles. The number of aromatic amines is 1. The van der Waals surface area contributed by atoms with E-state index in [4.69, 9.17) is 10.5 Å². The summed E-state index contributed by atoms with van der Waals surface area (Å²) in [4.78, 5) is 11.7. The van der Waals surface area contributed by atoms with E-state index in [9.17, 15) is 4.79 Å². The lowest BCUT2D eigenvalue weighted by Crippen LogP contribution is -2.35. The summed E-state index contributed by atoms with van der Waals surface area (Å²) in [6.45, 7) is 3.03. The normalized spacial score (nSPS) is 20.5. The molecule has 0 saturated carbocycles. The van der Waals surface area contributed by atoms with Gasteiger partial charge in [0.05, 0.1) is 24.0 Å². The van der Waals surface area contributed by atoms with E-state index in [-0.39, 0.29) is 17.6 Å². The lowest BCUT2D eigenvalue weighted by atomic mass is 10.2. The van der Waals surface area contributed by atoms with E-state index in [0.29, 0.717) is 24.6 Å². The molecule has 1 unspecified atom stereocenters. The van der Waals surface area contributed by atoms with Gasteiger partial charge in [-0.3, -0.25) is 9.89 Å².